The van der Waals surface area contributed by atoms with E-state index in [1.807, 2.05) is 0 Å². The Labute approximate surface area is 116 Å². The molecule has 0 radical (unpaired) electrons. The van der Waals surface area contributed by atoms with Crippen molar-refractivity contribution in [2.75, 3.05) is 20.1 Å². The van der Waals surface area contributed by atoms with Gasteiger partial charge in [0.15, 0.2) is 0 Å². The van der Waals surface area contributed by atoms with Crippen molar-refractivity contribution in [1.82, 2.24) is 10.6 Å². The van der Waals surface area contributed by atoms with Crippen molar-refractivity contribution in [2.24, 2.45) is 0 Å². The largest absolute Gasteiger partial charge is 0.354 e. The van der Waals surface area contributed by atoms with Crippen LogP contribution in [0.5, 0.6) is 0 Å². The Kier molecular flexibility index (Phi) is 5.55. The van der Waals surface area contributed by atoms with Crippen LogP contribution in [0, 0.1) is 0 Å². The molecular weight excluding hydrogens is 236 g/mol. The summed E-state index contributed by atoms with van der Waals surface area (Å²) in [6, 6.07) is 8.69. The van der Waals surface area contributed by atoms with Gasteiger partial charge in [0.25, 0.3) is 0 Å². The summed E-state index contributed by atoms with van der Waals surface area (Å²) in [5.41, 5.74) is 2.54. The average molecular weight is 262 g/mol. The van der Waals surface area contributed by atoms with E-state index in [-0.39, 0.29) is 11.3 Å². The molecule has 1 rings (SSSR count). The van der Waals surface area contributed by atoms with Crippen LogP contribution in [0.3, 0.4) is 0 Å². The molecule has 19 heavy (non-hydrogen) atoms. The van der Waals surface area contributed by atoms with E-state index in [9.17, 15) is 4.79 Å². The molecule has 0 spiro atoms. The highest BCUT2D eigenvalue weighted by molar-refractivity contribution is 5.78. The Balaban J connectivity index is 2.68. The van der Waals surface area contributed by atoms with Crippen LogP contribution in [-0.4, -0.2) is 26.0 Å². The first-order valence-electron chi connectivity index (χ1n) is 6.88. The highest BCUT2D eigenvalue weighted by Crippen LogP contribution is 2.24. The lowest BCUT2D eigenvalue weighted by atomic mass is 9.83. The number of rotatable bonds is 6. The minimum atomic E-state index is -0.0566. The first kappa shape index (κ1) is 15.7. The molecule has 106 valence electrons. The maximum Gasteiger partial charge on any atom is 0.233 e. The van der Waals surface area contributed by atoms with Crippen LogP contribution < -0.4 is 10.6 Å². The highest BCUT2D eigenvalue weighted by Gasteiger charge is 2.21. The van der Waals surface area contributed by atoms with Gasteiger partial charge in [0.05, 0.1) is 6.54 Å². The lowest BCUT2D eigenvalue weighted by Crippen LogP contribution is -2.40. The molecule has 0 bridgehead atoms. The van der Waals surface area contributed by atoms with Crippen LogP contribution in [0.1, 0.15) is 44.7 Å². The minimum absolute atomic E-state index is 0.0365. The van der Waals surface area contributed by atoms with Crippen LogP contribution in [-0.2, 0) is 10.2 Å². The van der Waals surface area contributed by atoms with Gasteiger partial charge in [-0.1, -0.05) is 52.0 Å². The predicted molar refractivity (Wildman–Crippen MR) is 80.5 cm³/mol. The second-order valence-electron chi connectivity index (χ2n) is 5.97. The molecule has 3 heteroatoms. The van der Waals surface area contributed by atoms with Crippen LogP contribution in [0.4, 0.5) is 0 Å². The van der Waals surface area contributed by atoms with E-state index in [2.05, 4.69) is 62.6 Å². The van der Waals surface area contributed by atoms with E-state index in [4.69, 9.17) is 0 Å². The molecule has 0 aliphatic carbocycles. The van der Waals surface area contributed by atoms with Crippen LogP contribution in [0.15, 0.2) is 24.3 Å². The van der Waals surface area contributed by atoms with Gasteiger partial charge in [-0.2, -0.15) is 0 Å². The van der Waals surface area contributed by atoms with Gasteiger partial charge in [-0.3, -0.25) is 4.79 Å². The zero-order valence-electron chi connectivity index (χ0n) is 12.7. The SMILES string of the molecule is CNCC(=O)NCC(C)(C)c1ccc(C(C)C)cc1. The van der Waals surface area contributed by atoms with Gasteiger partial charge in [-0.05, 0) is 24.1 Å². The van der Waals surface area contributed by atoms with Gasteiger partial charge in [0, 0.05) is 12.0 Å². The van der Waals surface area contributed by atoms with Gasteiger partial charge in [0.2, 0.25) is 5.91 Å². The third kappa shape index (κ3) is 4.67. The third-order valence-electron chi connectivity index (χ3n) is 3.42. The topological polar surface area (TPSA) is 41.1 Å². The van der Waals surface area contributed by atoms with Crippen molar-refractivity contribution in [3.05, 3.63) is 35.4 Å². The molecule has 0 atom stereocenters. The van der Waals surface area contributed by atoms with E-state index in [0.717, 1.165) is 0 Å². The van der Waals surface area contributed by atoms with Crippen LogP contribution in [0.25, 0.3) is 0 Å². The zero-order valence-corrected chi connectivity index (χ0v) is 12.7. The molecule has 3 nitrogen and oxygen atoms in total. The van der Waals surface area contributed by atoms with Gasteiger partial charge in [0.1, 0.15) is 0 Å². The first-order chi connectivity index (χ1) is 8.86. The summed E-state index contributed by atoms with van der Waals surface area (Å²) in [5.74, 6) is 0.585. The number of amides is 1. The van der Waals surface area contributed by atoms with Crippen molar-refractivity contribution in [3.63, 3.8) is 0 Å². The molecule has 1 aromatic rings. The van der Waals surface area contributed by atoms with E-state index in [1.165, 1.54) is 11.1 Å². The predicted octanol–water partition coefficient (Wildman–Crippen LogP) is 2.42. The number of benzene rings is 1. The Bertz CT molecular complexity index is 407. The molecule has 1 aromatic carbocycles. The zero-order chi connectivity index (χ0) is 14.5. The summed E-state index contributed by atoms with van der Waals surface area (Å²) in [4.78, 5) is 11.5. The van der Waals surface area contributed by atoms with E-state index >= 15 is 0 Å². The molecule has 0 heterocycles. The molecule has 1 amide bonds. The lowest BCUT2D eigenvalue weighted by molar-refractivity contribution is -0.120. The average Bonchev–Trinajstić information content (AvgIpc) is 2.37. The third-order valence-corrected chi connectivity index (χ3v) is 3.42. The Morgan fingerprint density at radius 1 is 1.21 bits per heavy atom. The maximum absolute atomic E-state index is 11.5. The lowest BCUT2D eigenvalue weighted by Gasteiger charge is -2.26. The van der Waals surface area contributed by atoms with Crippen molar-refractivity contribution in [3.8, 4) is 0 Å². The molecular formula is C16H26N2O. The smallest absolute Gasteiger partial charge is 0.233 e. The maximum atomic E-state index is 11.5. The quantitative estimate of drug-likeness (QED) is 0.826. The number of carbonyl (C=O) groups excluding carboxylic acids is 1. The Hall–Kier alpha value is -1.35. The molecule has 0 saturated carbocycles. The first-order valence-corrected chi connectivity index (χ1v) is 6.88. The molecule has 0 aliphatic rings. The van der Waals surface area contributed by atoms with Gasteiger partial charge < -0.3 is 10.6 Å². The normalized spacial score (nSPS) is 11.7. The van der Waals surface area contributed by atoms with Gasteiger partial charge in [-0.25, -0.2) is 0 Å². The monoisotopic (exact) mass is 262 g/mol. The second kappa shape index (κ2) is 6.71. The van der Waals surface area contributed by atoms with Crippen molar-refractivity contribution < 1.29 is 4.79 Å². The molecule has 0 fully saturated rings. The van der Waals surface area contributed by atoms with Crippen molar-refractivity contribution in [1.29, 1.82) is 0 Å². The molecule has 2 N–H and O–H groups in total. The van der Waals surface area contributed by atoms with Crippen LogP contribution >= 0.6 is 0 Å². The molecule has 0 saturated heterocycles. The fraction of sp³-hybridized carbons (Fsp3) is 0.562. The van der Waals surface area contributed by atoms with E-state index in [0.29, 0.717) is 19.0 Å². The highest BCUT2D eigenvalue weighted by atomic mass is 16.1. The number of likely N-dealkylation sites (N-methyl/N-ethyl adjacent to an activating group) is 1. The minimum Gasteiger partial charge on any atom is -0.354 e. The standard InChI is InChI=1S/C16H26N2O/c1-12(2)13-6-8-14(9-7-13)16(3,4)11-18-15(19)10-17-5/h6-9,12,17H,10-11H2,1-5H3,(H,18,19). The summed E-state index contributed by atoms with van der Waals surface area (Å²) >= 11 is 0. The fourth-order valence-corrected chi connectivity index (χ4v) is 1.96. The second-order valence-corrected chi connectivity index (χ2v) is 5.97. The molecule has 0 unspecified atom stereocenters. The van der Waals surface area contributed by atoms with Gasteiger partial charge in [-0.15, -0.1) is 0 Å². The molecule has 0 aliphatic heterocycles. The Morgan fingerprint density at radius 2 is 1.79 bits per heavy atom. The summed E-state index contributed by atoms with van der Waals surface area (Å²) in [5, 5.41) is 5.81. The van der Waals surface area contributed by atoms with E-state index < -0.39 is 0 Å². The summed E-state index contributed by atoms with van der Waals surface area (Å²) in [6.07, 6.45) is 0. The summed E-state index contributed by atoms with van der Waals surface area (Å²) in [6.45, 7) is 9.70. The van der Waals surface area contributed by atoms with Crippen molar-refractivity contribution in [2.45, 2.75) is 39.0 Å². The fourth-order valence-electron chi connectivity index (χ4n) is 1.96. The summed E-state index contributed by atoms with van der Waals surface area (Å²) in [7, 11) is 1.77. The number of carbonyl (C=O) groups is 1. The van der Waals surface area contributed by atoms with Gasteiger partial charge >= 0.3 is 0 Å². The number of hydrogen-bond donors (Lipinski definition) is 2. The number of hydrogen-bond acceptors (Lipinski definition) is 2. The molecule has 0 aromatic heterocycles. The number of nitrogens with one attached hydrogen (secondary N) is 2. The summed E-state index contributed by atoms with van der Waals surface area (Å²) < 4.78 is 0. The van der Waals surface area contributed by atoms with Crippen molar-refractivity contribution >= 4 is 5.91 Å². The van der Waals surface area contributed by atoms with Crippen LogP contribution in [0.2, 0.25) is 0 Å². The Morgan fingerprint density at radius 3 is 2.26 bits per heavy atom. The van der Waals surface area contributed by atoms with E-state index in [1.54, 1.807) is 7.05 Å².